The summed E-state index contributed by atoms with van der Waals surface area (Å²) in [4.78, 5) is 12.6. The molecule has 0 radical (unpaired) electrons. The number of hydrogen-bond acceptors (Lipinski definition) is 3. The Labute approximate surface area is 87.5 Å². The van der Waals surface area contributed by atoms with Crippen LogP contribution in [-0.2, 0) is 11.2 Å². The highest BCUT2D eigenvalue weighted by molar-refractivity contribution is 7.10. The molecule has 4 heteroatoms. The Kier molecular flexibility index (Phi) is 3.16. The first-order chi connectivity index (χ1) is 6.84. The number of carbonyl (C=O) groups excluding carboxylic acids is 1. The first-order valence-electron chi connectivity index (χ1n) is 4.84. The molecular formula is C10H14N2OS. The minimum atomic E-state index is 0.138. The standard InChI is InChI=1S/C10H14N2OS/c13-10(4-9-2-1-3-14-9)12-7-8-5-11-6-8/h1-3,8,11H,4-7H2,(H,12,13). The number of hydrogen-bond donors (Lipinski definition) is 2. The number of nitrogens with one attached hydrogen (secondary N) is 2. The van der Waals surface area contributed by atoms with Crippen LogP contribution >= 0.6 is 11.3 Å². The van der Waals surface area contributed by atoms with E-state index < -0.39 is 0 Å². The van der Waals surface area contributed by atoms with Crippen molar-refractivity contribution in [1.82, 2.24) is 10.6 Å². The third-order valence-electron chi connectivity index (χ3n) is 2.37. The maximum Gasteiger partial charge on any atom is 0.225 e. The normalized spacial score (nSPS) is 16.3. The van der Waals surface area contributed by atoms with Gasteiger partial charge in [0.05, 0.1) is 6.42 Å². The van der Waals surface area contributed by atoms with Gasteiger partial charge in [-0.25, -0.2) is 0 Å². The molecule has 2 N–H and O–H groups in total. The second kappa shape index (κ2) is 4.57. The van der Waals surface area contributed by atoms with E-state index in [2.05, 4.69) is 10.6 Å². The Morgan fingerprint density at radius 2 is 2.50 bits per heavy atom. The lowest BCUT2D eigenvalue weighted by atomic mass is 10.0. The molecule has 1 aliphatic rings. The van der Waals surface area contributed by atoms with Crippen LogP contribution in [0.3, 0.4) is 0 Å². The van der Waals surface area contributed by atoms with Crippen molar-refractivity contribution in [2.45, 2.75) is 6.42 Å². The molecule has 1 amide bonds. The van der Waals surface area contributed by atoms with Crippen LogP contribution in [0.15, 0.2) is 17.5 Å². The van der Waals surface area contributed by atoms with Gasteiger partial charge in [0.2, 0.25) is 5.91 Å². The Morgan fingerprint density at radius 3 is 3.07 bits per heavy atom. The molecule has 3 nitrogen and oxygen atoms in total. The number of rotatable bonds is 4. The predicted molar refractivity (Wildman–Crippen MR) is 57.4 cm³/mol. The van der Waals surface area contributed by atoms with Crippen molar-refractivity contribution in [1.29, 1.82) is 0 Å². The molecule has 76 valence electrons. The van der Waals surface area contributed by atoms with Crippen molar-refractivity contribution >= 4 is 17.2 Å². The average molecular weight is 210 g/mol. The molecular weight excluding hydrogens is 196 g/mol. The minimum Gasteiger partial charge on any atom is -0.355 e. The molecule has 2 heterocycles. The zero-order valence-corrected chi connectivity index (χ0v) is 8.77. The predicted octanol–water partition coefficient (Wildman–Crippen LogP) is 0.626. The quantitative estimate of drug-likeness (QED) is 0.765. The summed E-state index contributed by atoms with van der Waals surface area (Å²) in [5.74, 6) is 0.779. The van der Waals surface area contributed by atoms with Gasteiger partial charge in [0.25, 0.3) is 0 Å². The fraction of sp³-hybridized carbons (Fsp3) is 0.500. The van der Waals surface area contributed by atoms with Crippen molar-refractivity contribution < 1.29 is 4.79 Å². The van der Waals surface area contributed by atoms with Crippen LogP contribution in [0.4, 0.5) is 0 Å². The molecule has 0 bridgehead atoms. The topological polar surface area (TPSA) is 41.1 Å². The van der Waals surface area contributed by atoms with E-state index in [0.29, 0.717) is 12.3 Å². The first kappa shape index (κ1) is 9.68. The molecule has 0 unspecified atom stereocenters. The van der Waals surface area contributed by atoms with E-state index in [0.717, 1.165) is 24.5 Å². The van der Waals surface area contributed by atoms with E-state index in [-0.39, 0.29) is 5.91 Å². The van der Waals surface area contributed by atoms with Gasteiger partial charge in [-0.15, -0.1) is 11.3 Å². The van der Waals surface area contributed by atoms with E-state index in [1.54, 1.807) is 11.3 Å². The van der Waals surface area contributed by atoms with Crippen LogP contribution < -0.4 is 10.6 Å². The number of amides is 1. The summed E-state index contributed by atoms with van der Waals surface area (Å²) in [5, 5.41) is 8.13. The second-order valence-corrected chi connectivity index (χ2v) is 4.62. The third-order valence-corrected chi connectivity index (χ3v) is 3.25. The molecule has 1 aliphatic heterocycles. The molecule has 1 saturated heterocycles. The SMILES string of the molecule is O=C(Cc1cccs1)NCC1CNC1. The molecule has 1 aromatic heterocycles. The molecule has 0 saturated carbocycles. The fourth-order valence-corrected chi connectivity index (χ4v) is 2.09. The average Bonchev–Trinajstić information content (AvgIpc) is 2.54. The molecule has 0 aliphatic carbocycles. The molecule has 1 fully saturated rings. The first-order valence-corrected chi connectivity index (χ1v) is 5.72. The van der Waals surface area contributed by atoms with Gasteiger partial charge in [0.1, 0.15) is 0 Å². The third kappa shape index (κ3) is 2.56. The Morgan fingerprint density at radius 1 is 1.64 bits per heavy atom. The van der Waals surface area contributed by atoms with Gasteiger partial charge >= 0.3 is 0 Å². The molecule has 2 rings (SSSR count). The van der Waals surface area contributed by atoms with Crippen molar-refractivity contribution in [3.8, 4) is 0 Å². The van der Waals surface area contributed by atoms with Crippen molar-refractivity contribution in [3.05, 3.63) is 22.4 Å². The summed E-state index contributed by atoms with van der Waals surface area (Å²) in [6.45, 7) is 2.90. The Bertz CT molecular complexity index is 293. The van der Waals surface area contributed by atoms with E-state index in [1.807, 2.05) is 17.5 Å². The van der Waals surface area contributed by atoms with Crippen molar-refractivity contribution in [2.75, 3.05) is 19.6 Å². The van der Waals surface area contributed by atoms with Crippen molar-refractivity contribution in [3.63, 3.8) is 0 Å². The van der Waals surface area contributed by atoms with Gasteiger partial charge in [0.15, 0.2) is 0 Å². The smallest absolute Gasteiger partial charge is 0.225 e. The summed E-state index contributed by atoms with van der Waals surface area (Å²) < 4.78 is 0. The number of thiophene rings is 1. The molecule has 0 atom stereocenters. The maximum atomic E-state index is 11.4. The fourth-order valence-electron chi connectivity index (χ4n) is 1.38. The molecule has 0 aromatic carbocycles. The van der Waals surface area contributed by atoms with Crippen LogP contribution in [-0.4, -0.2) is 25.5 Å². The lowest BCUT2D eigenvalue weighted by Crippen LogP contribution is -2.48. The summed E-state index contributed by atoms with van der Waals surface area (Å²) in [5.41, 5.74) is 0. The maximum absolute atomic E-state index is 11.4. The molecule has 0 spiro atoms. The van der Waals surface area contributed by atoms with Crippen LogP contribution in [0.1, 0.15) is 4.88 Å². The van der Waals surface area contributed by atoms with Gasteiger partial charge < -0.3 is 10.6 Å². The largest absolute Gasteiger partial charge is 0.355 e. The zero-order valence-electron chi connectivity index (χ0n) is 7.95. The van der Waals surface area contributed by atoms with Crippen molar-refractivity contribution in [2.24, 2.45) is 5.92 Å². The van der Waals surface area contributed by atoms with Crippen LogP contribution in [0.5, 0.6) is 0 Å². The van der Waals surface area contributed by atoms with Crippen LogP contribution in [0.25, 0.3) is 0 Å². The summed E-state index contributed by atoms with van der Waals surface area (Å²) in [6, 6.07) is 3.97. The Balaban J connectivity index is 1.68. The Hall–Kier alpha value is -0.870. The second-order valence-electron chi connectivity index (χ2n) is 3.58. The minimum absolute atomic E-state index is 0.138. The van der Waals surface area contributed by atoms with Gasteiger partial charge in [-0.05, 0) is 11.4 Å². The number of carbonyl (C=O) groups is 1. The monoisotopic (exact) mass is 210 g/mol. The lowest BCUT2D eigenvalue weighted by Gasteiger charge is -2.27. The zero-order chi connectivity index (χ0) is 9.80. The van der Waals surface area contributed by atoms with Gasteiger partial charge in [-0.3, -0.25) is 4.79 Å². The summed E-state index contributed by atoms with van der Waals surface area (Å²) in [6.07, 6.45) is 0.526. The van der Waals surface area contributed by atoms with E-state index in [9.17, 15) is 4.79 Å². The van der Waals surface area contributed by atoms with E-state index in [4.69, 9.17) is 0 Å². The van der Waals surface area contributed by atoms with Gasteiger partial charge in [-0.2, -0.15) is 0 Å². The van der Waals surface area contributed by atoms with E-state index in [1.165, 1.54) is 0 Å². The van der Waals surface area contributed by atoms with E-state index >= 15 is 0 Å². The molecule has 14 heavy (non-hydrogen) atoms. The summed E-state index contributed by atoms with van der Waals surface area (Å²) >= 11 is 1.63. The van der Waals surface area contributed by atoms with Gasteiger partial charge in [0, 0.05) is 30.4 Å². The summed E-state index contributed by atoms with van der Waals surface area (Å²) in [7, 11) is 0. The molecule has 1 aromatic rings. The lowest BCUT2D eigenvalue weighted by molar-refractivity contribution is -0.120. The highest BCUT2D eigenvalue weighted by atomic mass is 32.1. The van der Waals surface area contributed by atoms with Crippen LogP contribution in [0.2, 0.25) is 0 Å². The highest BCUT2D eigenvalue weighted by Gasteiger charge is 2.17. The van der Waals surface area contributed by atoms with Crippen LogP contribution in [0, 0.1) is 5.92 Å². The highest BCUT2D eigenvalue weighted by Crippen LogP contribution is 2.09. The van der Waals surface area contributed by atoms with Gasteiger partial charge in [-0.1, -0.05) is 6.07 Å².